The summed E-state index contributed by atoms with van der Waals surface area (Å²) in [5, 5.41) is 6.27. The van der Waals surface area contributed by atoms with Gasteiger partial charge in [-0.1, -0.05) is 0 Å². The van der Waals surface area contributed by atoms with Crippen LogP contribution in [-0.4, -0.2) is 77.3 Å². The summed E-state index contributed by atoms with van der Waals surface area (Å²) in [5.74, 6) is -0.0155. The summed E-state index contributed by atoms with van der Waals surface area (Å²) in [4.78, 5) is 45.2. The summed E-state index contributed by atoms with van der Waals surface area (Å²) in [5.41, 5.74) is 2.35. The molecule has 0 aliphatic heterocycles. The second kappa shape index (κ2) is 11.0. The number of carbonyl (C=O) groups is 2. The molecule has 0 saturated heterocycles. The molecule has 12 nitrogen and oxygen atoms in total. The van der Waals surface area contributed by atoms with E-state index in [1.807, 2.05) is 19.0 Å². The van der Waals surface area contributed by atoms with Gasteiger partial charge in [-0.15, -0.1) is 0 Å². The molecule has 4 N–H and O–H groups in total. The number of pyridine rings is 1. The molecule has 3 aromatic heterocycles. The van der Waals surface area contributed by atoms with Crippen LogP contribution in [0.3, 0.4) is 0 Å². The molecule has 0 aromatic carbocycles. The van der Waals surface area contributed by atoms with Crippen molar-refractivity contribution in [3.63, 3.8) is 0 Å². The Bertz CT molecular complexity index is 960. The van der Waals surface area contributed by atoms with E-state index in [4.69, 9.17) is 9.47 Å². The van der Waals surface area contributed by atoms with Gasteiger partial charge in [-0.05, 0) is 0 Å². The van der Waals surface area contributed by atoms with Crippen molar-refractivity contribution in [3.05, 3.63) is 48.6 Å². The highest BCUT2D eigenvalue weighted by molar-refractivity contribution is 5.81. The third-order valence-electron chi connectivity index (χ3n) is 4.90. The minimum absolute atomic E-state index is 0.327. The Morgan fingerprint density at radius 3 is 1.70 bits per heavy atom. The van der Waals surface area contributed by atoms with Crippen molar-refractivity contribution in [1.82, 2.24) is 24.9 Å². The summed E-state index contributed by atoms with van der Waals surface area (Å²) in [6.07, 6.45) is 7.03. The van der Waals surface area contributed by atoms with Gasteiger partial charge in [0.15, 0.2) is 0 Å². The number of methoxy groups -OCH3 is 2. The quantitative estimate of drug-likeness (QED) is 0.308. The molecule has 0 bridgehead atoms. The first-order valence-electron chi connectivity index (χ1n) is 10.2. The Morgan fingerprint density at radius 1 is 0.909 bits per heavy atom. The van der Waals surface area contributed by atoms with E-state index in [0.29, 0.717) is 24.5 Å². The van der Waals surface area contributed by atoms with E-state index in [-0.39, 0.29) is 0 Å². The molecule has 0 aliphatic rings. The van der Waals surface area contributed by atoms with E-state index in [1.54, 1.807) is 37.2 Å². The third-order valence-corrected chi connectivity index (χ3v) is 4.90. The highest BCUT2D eigenvalue weighted by Gasteiger charge is 2.24. The van der Waals surface area contributed by atoms with Crippen molar-refractivity contribution in [3.8, 4) is 0 Å². The van der Waals surface area contributed by atoms with Gasteiger partial charge in [-0.3, -0.25) is 0 Å². The number of ether oxygens (including phenoxy) is 2. The third kappa shape index (κ3) is 6.45. The van der Waals surface area contributed by atoms with Gasteiger partial charge >= 0.3 is 11.9 Å². The summed E-state index contributed by atoms with van der Waals surface area (Å²) in [6.45, 7) is 0. The Morgan fingerprint density at radius 2 is 1.36 bits per heavy atom. The Kier molecular flexibility index (Phi) is 7.84. The fourth-order valence-corrected chi connectivity index (χ4v) is 3.18. The Hall–Kier alpha value is -4.09. The molecule has 3 rings (SSSR count). The number of H-pyrrole nitrogens is 2. The molecule has 3 aromatic rings. The lowest BCUT2D eigenvalue weighted by molar-refractivity contribution is -0.142. The first-order chi connectivity index (χ1) is 15.9. The average molecular weight is 457 g/mol. The number of rotatable bonds is 11. The first kappa shape index (κ1) is 23.6. The zero-order valence-corrected chi connectivity index (χ0v) is 19.0. The van der Waals surface area contributed by atoms with Crippen LogP contribution >= 0.6 is 0 Å². The van der Waals surface area contributed by atoms with Crippen molar-refractivity contribution >= 4 is 29.3 Å². The number of hydrogen-bond donors (Lipinski definition) is 4. The summed E-state index contributed by atoms with van der Waals surface area (Å²) >= 11 is 0. The fraction of sp³-hybridized carbons (Fsp3) is 0.381. The summed E-state index contributed by atoms with van der Waals surface area (Å²) < 4.78 is 9.90. The van der Waals surface area contributed by atoms with Crippen molar-refractivity contribution in [2.75, 3.05) is 43.8 Å². The van der Waals surface area contributed by atoms with Crippen LogP contribution in [0.25, 0.3) is 0 Å². The number of hydrogen-bond acceptors (Lipinski definition) is 10. The van der Waals surface area contributed by atoms with Crippen LogP contribution < -0.4 is 15.5 Å². The molecule has 0 radical (unpaired) electrons. The molecule has 3 heterocycles. The van der Waals surface area contributed by atoms with Crippen LogP contribution in [0.1, 0.15) is 11.4 Å². The predicted octanol–water partition coefficient (Wildman–Crippen LogP) is 0.986. The fourth-order valence-electron chi connectivity index (χ4n) is 3.18. The van der Waals surface area contributed by atoms with Crippen molar-refractivity contribution in [2.24, 2.45) is 0 Å². The van der Waals surface area contributed by atoms with Gasteiger partial charge in [-0.25, -0.2) is 24.5 Å². The van der Waals surface area contributed by atoms with Crippen LogP contribution in [0.4, 0.5) is 17.3 Å². The zero-order chi connectivity index (χ0) is 23.8. The SMILES string of the molecule is COC(=O)[C@H](Cc1cnc[nH]1)Nc1cc(N(C)C)cc(N[C@@H](Cc2cnc[nH]2)C(=O)OC)n1. The minimum Gasteiger partial charge on any atom is -0.467 e. The molecule has 0 unspecified atom stereocenters. The van der Waals surface area contributed by atoms with Gasteiger partial charge in [0.2, 0.25) is 0 Å². The molecule has 33 heavy (non-hydrogen) atoms. The molecule has 0 amide bonds. The average Bonchev–Trinajstić information content (AvgIpc) is 3.51. The number of nitrogens with one attached hydrogen (secondary N) is 4. The van der Waals surface area contributed by atoms with Crippen LogP contribution in [0.15, 0.2) is 37.2 Å². The van der Waals surface area contributed by atoms with Gasteiger partial charge in [0, 0.05) is 68.5 Å². The maximum absolute atomic E-state index is 12.4. The van der Waals surface area contributed by atoms with E-state index in [0.717, 1.165) is 17.1 Å². The highest BCUT2D eigenvalue weighted by Crippen LogP contribution is 2.23. The number of esters is 2. The van der Waals surface area contributed by atoms with Crippen LogP contribution in [-0.2, 0) is 31.9 Å². The number of aromatic amines is 2. The molecule has 0 aliphatic carbocycles. The lowest BCUT2D eigenvalue weighted by atomic mass is 10.1. The maximum atomic E-state index is 12.4. The maximum Gasteiger partial charge on any atom is 0.328 e. The van der Waals surface area contributed by atoms with Crippen LogP contribution in [0, 0.1) is 0 Å². The van der Waals surface area contributed by atoms with Crippen LogP contribution in [0.5, 0.6) is 0 Å². The smallest absolute Gasteiger partial charge is 0.328 e. The van der Waals surface area contributed by atoms with Gasteiger partial charge in [0.25, 0.3) is 0 Å². The highest BCUT2D eigenvalue weighted by atomic mass is 16.5. The number of anilines is 3. The van der Waals surface area contributed by atoms with E-state index in [9.17, 15) is 9.59 Å². The topological polar surface area (TPSA) is 150 Å². The molecule has 0 fully saturated rings. The van der Waals surface area contributed by atoms with E-state index >= 15 is 0 Å². The van der Waals surface area contributed by atoms with Gasteiger partial charge in [-0.2, -0.15) is 0 Å². The molecule has 0 spiro atoms. The minimum atomic E-state index is -0.699. The number of nitrogens with zero attached hydrogens (tertiary/aromatic N) is 4. The molecular weight excluding hydrogens is 428 g/mol. The molecule has 0 saturated carbocycles. The first-order valence-corrected chi connectivity index (χ1v) is 10.2. The molecular formula is C21H28N8O4. The molecule has 2 atom stereocenters. The number of aromatic nitrogens is 5. The number of imidazole rings is 2. The summed E-state index contributed by atoms with van der Waals surface area (Å²) in [7, 11) is 6.43. The van der Waals surface area contributed by atoms with E-state index < -0.39 is 24.0 Å². The Labute approximate surface area is 191 Å². The Balaban J connectivity index is 1.86. The zero-order valence-electron chi connectivity index (χ0n) is 19.0. The van der Waals surface area contributed by atoms with Crippen LogP contribution in [0.2, 0.25) is 0 Å². The second-order valence-corrected chi connectivity index (χ2v) is 7.49. The molecule has 176 valence electrons. The van der Waals surface area contributed by atoms with Crippen molar-refractivity contribution < 1.29 is 19.1 Å². The monoisotopic (exact) mass is 456 g/mol. The summed E-state index contributed by atoms with van der Waals surface area (Å²) in [6, 6.07) is 2.20. The van der Waals surface area contributed by atoms with Crippen molar-refractivity contribution in [1.29, 1.82) is 0 Å². The van der Waals surface area contributed by atoms with E-state index in [2.05, 4.69) is 35.6 Å². The van der Waals surface area contributed by atoms with Gasteiger partial charge < -0.3 is 35.0 Å². The lowest BCUT2D eigenvalue weighted by Crippen LogP contribution is -2.35. The largest absolute Gasteiger partial charge is 0.467 e. The van der Waals surface area contributed by atoms with E-state index in [1.165, 1.54) is 14.2 Å². The van der Waals surface area contributed by atoms with Gasteiger partial charge in [0.05, 0.1) is 26.9 Å². The molecule has 12 heteroatoms. The normalized spacial score (nSPS) is 12.5. The predicted molar refractivity (Wildman–Crippen MR) is 122 cm³/mol. The van der Waals surface area contributed by atoms with Gasteiger partial charge in [0.1, 0.15) is 23.7 Å². The lowest BCUT2D eigenvalue weighted by Gasteiger charge is -2.22. The second-order valence-electron chi connectivity index (χ2n) is 7.49. The standard InChI is InChI=1S/C21H28N8O4/c1-29(2)15-7-18(26-16(20(30)32-3)5-13-9-22-11-24-13)28-19(8-15)27-17(21(31)33-4)6-14-10-23-12-25-14/h7-12,16-17H,5-6H2,1-4H3,(H,22,24)(H,23,25)(H2,26,27,28)/t16-,17-/m0/s1. The number of carbonyl (C=O) groups excluding carboxylic acids is 2. The van der Waals surface area contributed by atoms with Crippen molar-refractivity contribution in [2.45, 2.75) is 24.9 Å².